The van der Waals surface area contributed by atoms with Crippen molar-refractivity contribution in [2.75, 3.05) is 13.2 Å². The van der Waals surface area contributed by atoms with Crippen molar-refractivity contribution in [1.82, 2.24) is 9.13 Å². The Morgan fingerprint density at radius 1 is 0.624 bits per heavy atom. The van der Waals surface area contributed by atoms with Crippen LogP contribution in [0, 0.1) is 27.7 Å². The van der Waals surface area contributed by atoms with Crippen LogP contribution in [0.15, 0.2) is 134 Å². The minimum atomic E-state index is -4.98. The summed E-state index contributed by atoms with van der Waals surface area (Å²) in [5.41, 5.74) is -1.48. The Bertz CT molecular complexity index is 4470. The predicted molar refractivity (Wildman–Crippen MR) is 293 cm³/mol. The molecule has 0 saturated heterocycles. The minimum Gasteiger partial charge on any atom is -0.456 e. The number of fused-ring (bicyclic) bond motifs is 2. The van der Waals surface area contributed by atoms with Crippen molar-refractivity contribution in [3.8, 4) is 22.6 Å². The van der Waals surface area contributed by atoms with E-state index in [4.69, 9.17) is 9.15 Å². The van der Waals surface area contributed by atoms with E-state index in [2.05, 4.69) is 9.47 Å². The number of benzene rings is 6. The predicted octanol–water partition coefficient (Wildman–Crippen LogP) is 13.6. The molecule has 0 saturated carbocycles. The smallest absolute Gasteiger partial charge is 0.456 e. The first kappa shape index (κ1) is 58.8. The molecule has 0 aliphatic carbocycles. The van der Waals surface area contributed by atoms with Crippen LogP contribution in [-0.2, 0) is 38.7 Å². The van der Waals surface area contributed by atoms with E-state index in [1.54, 1.807) is 42.5 Å². The van der Waals surface area contributed by atoms with E-state index < -0.39 is 90.7 Å². The maximum Gasteiger partial charge on any atom is 0.609 e. The zero-order valence-electron chi connectivity index (χ0n) is 45.7. The summed E-state index contributed by atoms with van der Waals surface area (Å²) in [6.07, 6.45) is -14.8. The fourth-order valence-corrected chi connectivity index (χ4v) is 11.3. The number of carbonyl (C=O) groups excluding carboxylic acids is 3. The second kappa shape index (κ2) is 21.4. The highest BCUT2D eigenvalue weighted by molar-refractivity contribution is 6.37. The molecule has 3 aromatic heterocycles. The summed E-state index contributed by atoms with van der Waals surface area (Å²) in [5.74, 6) is -3.85. The molecular weight excluding hydrogens is 1140 g/mol. The number of pyridine rings is 1. The number of esters is 3. The molecule has 1 aliphatic rings. The molecule has 1 radical (unpaired) electrons. The van der Waals surface area contributed by atoms with E-state index in [0.29, 0.717) is 53.9 Å². The van der Waals surface area contributed by atoms with Crippen molar-refractivity contribution in [3.63, 3.8) is 0 Å². The highest BCUT2D eigenvalue weighted by Gasteiger charge is 2.43. The lowest BCUT2D eigenvalue weighted by molar-refractivity contribution is -0.343. The van der Waals surface area contributed by atoms with Crippen molar-refractivity contribution in [3.05, 3.63) is 191 Å². The van der Waals surface area contributed by atoms with Crippen molar-refractivity contribution >= 4 is 80.1 Å². The number of hydrogen-bond acceptors (Lipinski definition) is 9. The monoisotopic (exact) mass is 1180 g/mol. The summed E-state index contributed by atoms with van der Waals surface area (Å²) in [6.45, 7) is 3.95. The average Bonchev–Trinajstić information content (AvgIpc) is 2.03. The van der Waals surface area contributed by atoms with Crippen LogP contribution in [0.25, 0.3) is 65.9 Å². The molecule has 437 valence electrons. The highest BCUT2D eigenvalue weighted by Crippen LogP contribution is 2.44. The van der Waals surface area contributed by atoms with Gasteiger partial charge in [-0.2, -0.15) is 39.5 Å². The molecule has 10 rings (SSSR count). The van der Waals surface area contributed by atoms with Crippen LogP contribution in [0.5, 0.6) is 5.75 Å². The van der Waals surface area contributed by atoms with Gasteiger partial charge >= 0.3 is 43.8 Å². The molecule has 0 amide bonds. The van der Waals surface area contributed by atoms with Gasteiger partial charge in [0.1, 0.15) is 28.2 Å². The van der Waals surface area contributed by atoms with Crippen LogP contribution in [0.3, 0.4) is 0 Å². The van der Waals surface area contributed by atoms with Gasteiger partial charge in [-0.05, 0) is 146 Å². The van der Waals surface area contributed by atoms with Crippen molar-refractivity contribution in [1.29, 1.82) is 0 Å². The Labute approximate surface area is 473 Å². The third-order valence-corrected chi connectivity index (χ3v) is 15.0. The number of aryl methyl sites for hydroxylation is 2. The first-order valence-corrected chi connectivity index (χ1v) is 25.8. The van der Waals surface area contributed by atoms with Gasteiger partial charge in [-0.25, -0.2) is 14.2 Å². The Kier molecular flexibility index (Phi) is 14.8. The molecule has 85 heavy (non-hydrogen) atoms. The van der Waals surface area contributed by atoms with Gasteiger partial charge in [0, 0.05) is 52.2 Å². The van der Waals surface area contributed by atoms with Crippen LogP contribution in [0.4, 0.5) is 48.1 Å². The molecule has 0 unspecified atom stereocenters. The fraction of sp³-hybridized carbons (Fsp3) is 0.213. The number of carbonyl (C=O) groups is 3. The molecule has 12 nitrogen and oxygen atoms in total. The van der Waals surface area contributed by atoms with Gasteiger partial charge in [0.2, 0.25) is 0 Å². The summed E-state index contributed by atoms with van der Waals surface area (Å²) in [4.78, 5) is 69.0. The lowest BCUT2D eigenvalue weighted by atomic mass is 9.87. The van der Waals surface area contributed by atoms with Gasteiger partial charge in [0.25, 0.3) is 11.1 Å². The zero-order chi connectivity index (χ0) is 61.7. The quantitative estimate of drug-likeness (QED) is 0.0292. The van der Waals surface area contributed by atoms with Crippen LogP contribution in [0.2, 0.25) is 0 Å². The molecular formula is C61H44BF11N3O9. The number of allylic oxidation sites excluding steroid dienone is 1. The number of rotatable bonds is 12. The van der Waals surface area contributed by atoms with E-state index in [-0.39, 0.29) is 79.0 Å². The Balaban J connectivity index is 0.971. The molecule has 4 heterocycles. The van der Waals surface area contributed by atoms with Crippen LogP contribution in [-0.4, -0.2) is 70.2 Å². The zero-order valence-corrected chi connectivity index (χ0v) is 45.7. The van der Waals surface area contributed by atoms with Gasteiger partial charge in [-0.15, -0.1) is 0 Å². The molecule has 24 heteroatoms. The molecule has 6 aromatic carbocycles. The highest BCUT2D eigenvalue weighted by atomic mass is 19.4. The third-order valence-electron chi connectivity index (χ3n) is 15.0. The summed E-state index contributed by atoms with van der Waals surface area (Å²) in [7, 11) is -2.07. The summed E-state index contributed by atoms with van der Waals surface area (Å²) in [6, 6.07) is 25.0. The third kappa shape index (κ3) is 10.7. The lowest BCUT2D eigenvalue weighted by Gasteiger charge is -2.22. The molecule has 1 aliphatic heterocycles. The van der Waals surface area contributed by atoms with Gasteiger partial charge in [0.15, 0.2) is 18.9 Å². The maximum absolute atomic E-state index is 15.4. The number of nitrogens with zero attached hydrogens (tertiary/aromatic N) is 3. The van der Waals surface area contributed by atoms with Crippen LogP contribution in [0.1, 0.15) is 69.0 Å². The normalized spacial score (nSPS) is 14.1. The molecule has 0 spiro atoms. The second-order valence-corrected chi connectivity index (χ2v) is 20.4. The van der Waals surface area contributed by atoms with Gasteiger partial charge in [0.05, 0.1) is 34.5 Å². The Morgan fingerprint density at radius 2 is 1.18 bits per heavy atom. The van der Waals surface area contributed by atoms with Crippen LogP contribution < -0.4 is 15.9 Å². The first-order chi connectivity index (χ1) is 39.8. The molecule has 0 N–H and O–H groups in total. The van der Waals surface area contributed by atoms with E-state index in [1.165, 1.54) is 94.8 Å². The maximum atomic E-state index is 15.4. The SMILES string of the molecule is CC1=C(C(=O)OCC(F)(F)F)C(C)=[N+]([B-](F)F)/C1=C(/c1c(C)cc(OC(=O)Cc2ccc(-n3c(=O)c4ccc5oc6ccc(-c7ccc(C(F)(F)F)cc7)cc6c6ccc(c3=O)c4c56)cc2)cc1C)c1c(C)c(C(=O)OCC(F)(F)F)c(C)n1C. The molecule has 9 aromatic rings. The first-order valence-electron chi connectivity index (χ1n) is 25.8. The standard InChI is InChI=1S/C61H44BF11N3O9/c1-28-22-39(23-29(2)47(28)52(53-30(3)48(32(5)74(53)7)57(80)82-26-59(63,64)65)54-31(4)49(33(6)76(54)62(72)73)58(81)83-27-60(66,67)68)84-46(77)24-34-8-15-38(16-9-34)75-55(78)41-18-17-40-43-25-36(35-10-13-37(14-11-35)61(69,70)71)12-20-44(43)85-45-21-19-42(56(75)79)50(41)51(40)45/h8-23,25H,24,26-27H2,1-7H3/b54-52-. The van der Waals surface area contributed by atoms with Gasteiger partial charge < -0.3 is 36.3 Å². The number of hydrogen-bond donors (Lipinski definition) is 0. The molecule has 0 bridgehead atoms. The molecule has 0 atom stereocenters. The molecule has 0 fully saturated rings. The number of alkyl halides is 9. The van der Waals surface area contributed by atoms with Crippen molar-refractivity contribution in [2.24, 2.45) is 7.05 Å². The Hall–Kier alpha value is -9.35. The number of ether oxygens (including phenoxy) is 3. The van der Waals surface area contributed by atoms with Gasteiger partial charge in [-0.1, -0.05) is 36.4 Å². The summed E-state index contributed by atoms with van der Waals surface area (Å²) < 4.78 is 174. The van der Waals surface area contributed by atoms with Crippen molar-refractivity contribution in [2.45, 2.75) is 66.5 Å². The second-order valence-electron chi connectivity index (χ2n) is 20.4. The van der Waals surface area contributed by atoms with E-state index >= 15 is 8.63 Å². The largest absolute Gasteiger partial charge is 0.609 e. The van der Waals surface area contributed by atoms with E-state index in [9.17, 15) is 63.5 Å². The Morgan fingerprint density at radius 3 is 1.75 bits per heavy atom. The number of halogens is 11. The topological polar surface area (TPSA) is 139 Å². The lowest BCUT2D eigenvalue weighted by Crippen LogP contribution is -2.31. The van der Waals surface area contributed by atoms with E-state index in [1.807, 2.05) is 0 Å². The summed E-state index contributed by atoms with van der Waals surface area (Å²) >= 11 is 0. The van der Waals surface area contributed by atoms with Crippen molar-refractivity contribution < 1.29 is 85.6 Å². The van der Waals surface area contributed by atoms with Crippen LogP contribution >= 0.6 is 0 Å². The van der Waals surface area contributed by atoms with E-state index in [0.717, 1.165) is 23.6 Å². The fourth-order valence-electron chi connectivity index (χ4n) is 11.3. The van der Waals surface area contributed by atoms with Gasteiger partial charge in [-0.3, -0.25) is 14.4 Å². The number of aromatic nitrogens is 2. The average molecular weight is 1180 g/mol. The minimum absolute atomic E-state index is 0.0313. The summed E-state index contributed by atoms with van der Waals surface area (Å²) in [5, 5.41) is 2.40.